The monoisotopic (exact) mass is 1580 g/mol. The van der Waals surface area contributed by atoms with Crippen LogP contribution in [0.3, 0.4) is 0 Å². The van der Waals surface area contributed by atoms with Crippen LogP contribution in [0, 0.1) is 47.3 Å². The summed E-state index contributed by atoms with van der Waals surface area (Å²) >= 11 is 14.3. The number of benzene rings is 6. The fourth-order valence-corrected chi connectivity index (χ4v) is 17.7. The van der Waals surface area contributed by atoms with Crippen molar-refractivity contribution in [2.45, 2.75) is 164 Å². The Balaban J connectivity index is 0.998. The largest absolute Gasteiger partial charge is 0.508 e. The Kier molecular flexibility index (Phi) is 23.9. The highest BCUT2D eigenvalue weighted by atomic mass is 35.5. The third kappa shape index (κ3) is 16.9. The number of Topliss-reactive ketones (excluding diaryl/α,β-unsaturated/α-hetero) is 3. The van der Waals surface area contributed by atoms with E-state index in [2.05, 4.69) is 31.9 Å². The van der Waals surface area contributed by atoms with Gasteiger partial charge in [-0.15, -0.1) is 0 Å². The highest BCUT2D eigenvalue weighted by molar-refractivity contribution is 6.32. The minimum absolute atomic E-state index is 0.0384. The lowest BCUT2D eigenvalue weighted by atomic mass is 9.51. The molecular weight excluding hydrogens is 1500 g/mol. The maximum absolute atomic E-state index is 16.5. The first kappa shape index (κ1) is 80.1. The van der Waals surface area contributed by atoms with Crippen LogP contribution in [0.4, 0.5) is 10.5 Å². The van der Waals surface area contributed by atoms with Crippen molar-refractivity contribution in [1.82, 2.24) is 26.6 Å². The Bertz CT molecular complexity index is 4650. The number of aromatic hydroxyl groups is 3. The van der Waals surface area contributed by atoms with Crippen molar-refractivity contribution in [2.24, 2.45) is 47.3 Å². The van der Waals surface area contributed by atoms with E-state index in [4.69, 9.17) is 46.9 Å². The molecular formula is C81H88Cl2N6O23. The number of phenols is 3. The normalized spacial score (nSPS) is 28.5. The van der Waals surface area contributed by atoms with Crippen LogP contribution in [0.25, 0.3) is 11.1 Å². The van der Waals surface area contributed by atoms with Gasteiger partial charge in [-0.3, -0.25) is 43.7 Å². The van der Waals surface area contributed by atoms with Crippen molar-refractivity contribution in [3.05, 3.63) is 141 Å². The van der Waals surface area contributed by atoms with E-state index in [9.17, 15) is 60.3 Å². The fourth-order valence-electron chi connectivity index (χ4n) is 17.2. The minimum atomic E-state index is -2.22. The molecule has 16 rings (SSSR count). The number of carbonyl (C=O) groups is 9. The zero-order chi connectivity index (χ0) is 80.0. The third-order valence-corrected chi connectivity index (χ3v) is 23.3. The lowest BCUT2D eigenvalue weighted by Crippen LogP contribution is -2.60. The molecule has 10 aliphatic rings. The van der Waals surface area contributed by atoms with Gasteiger partial charge in [0.05, 0.1) is 35.6 Å². The maximum Gasteiger partial charge on any atom is 0.325 e. The number of carbonyl (C=O) groups excluding carboxylic acids is 9. The van der Waals surface area contributed by atoms with Gasteiger partial charge in [-0.25, -0.2) is 4.79 Å². The molecule has 15 N–H and O–H groups in total. The number of anilines is 1. The number of hydrogen-bond acceptors (Lipinski definition) is 23. The van der Waals surface area contributed by atoms with Gasteiger partial charge < -0.3 is 96.2 Å². The van der Waals surface area contributed by atoms with Gasteiger partial charge in [0.25, 0.3) is 0 Å². The highest BCUT2D eigenvalue weighted by Gasteiger charge is 2.51. The average molecular weight is 1580 g/mol. The molecule has 6 aromatic rings. The Morgan fingerprint density at radius 2 is 1.28 bits per heavy atom. The van der Waals surface area contributed by atoms with Crippen LogP contribution < -0.4 is 50.8 Å². The number of rotatable bonds is 15. The summed E-state index contributed by atoms with van der Waals surface area (Å²) in [6, 6.07) is 11.9. The highest BCUT2D eigenvalue weighted by Crippen LogP contribution is 2.58. The summed E-state index contributed by atoms with van der Waals surface area (Å²) in [6.45, 7) is 4.55. The summed E-state index contributed by atoms with van der Waals surface area (Å²) in [4.78, 5) is 138. The molecule has 31 heteroatoms. The number of halogens is 2. The minimum Gasteiger partial charge on any atom is -0.508 e. The van der Waals surface area contributed by atoms with Gasteiger partial charge in [0.1, 0.15) is 95.3 Å². The van der Waals surface area contributed by atoms with Crippen LogP contribution in [0.1, 0.15) is 149 Å². The molecule has 6 heterocycles. The van der Waals surface area contributed by atoms with Crippen LogP contribution in [0.5, 0.6) is 51.7 Å². The summed E-state index contributed by atoms with van der Waals surface area (Å²) < 4.78 is 30.7. The number of fused-ring (bicyclic) bond motifs is 15. The number of imide groups is 1. The Morgan fingerprint density at radius 3 is 1.88 bits per heavy atom. The Hall–Kier alpha value is -9.95. The summed E-state index contributed by atoms with van der Waals surface area (Å²) in [5, 5.41) is 120. The van der Waals surface area contributed by atoms with Gasteiger partial charge in [0, 0.05) is 54.5 Å². The maximum atomic E-state index is 16.5. The summed E-state index contributed by atoms with van der Waals surface area (Å²) in [5.74, 6) is -15.6. The Labute approximate surface area is 652 Å². The number of ketones is 3. The number of amides is 7. The second-order valence-electron chi connectivity index (χ2n) is 30.7. The van der Waals surface area contributed by atoms with Crippen LogP contribution in [0.2, 0.25) is 10.0 Å². The standard InChI is InChI=1S/C81H88Cl2N6O23/c1-5-37(16-34(2)3)76(103)88-68-56(94)25-44(28-64(97)85-81(107)84-45-9-11-47(108-4)12-10-45)77(104)86-66-43-26-61(109-59-14-7-39(70(68)98)23-52(59)82)75(112-80-74(102)73(101)72(100)63(33-90)111-80)62(27-43)110-60-15-8-40(24-53(60)83)71(99)69-79(106)87-67(58(96)31-48-41-18-35-17-36(20-41)21-42(48)19-35)51-29-46(91)30-55(93)65(51)50-22-38(6-13-54(50)92)49(32-57(66)95)78(105)89-69/h6-15,22-24,26-27,29-30,34-37,41-42,44,48-49,63,66-74,80,90-93,98-102H,5,16-21,25,28,31-33H2,1-4H3,(H,86,104)(H,87,106)(H,88,103)(H,89,105)(H2,84,85,97,107)/t35?,36?,37-,41?,42?,44+,48?,49-,63-,66-,67+,68+,69+,70-,71-,72-,73+,74-,80+/m1/s1. The summed E-state index contributed by atoms with van der Waals surface area (Å²) in [5.41, 5.74) is -1.43. The second-order valence-corrected chi connectivity index (χ2v) is 31.5. The van der Waals surface area contributed by atoms with E-state index in [-0.39, 0.29) is 103 Å². The number of aliphatic hydroxyl groups excluding tert-OH is 6. The SMILES string of the molecule is CC[C@H](CC(C)C)C(=O)N[C@H]1C(=O)C[C@@H](CC(=O)NC(=O)Nc2ccc(OC)cc2)C(=O)N[C@H]2C(=O)C[C@H]3C(=O)N[C@H](C(=O)N[C@H](C(=O)CC4C5CC6CC(C5)CC4C6)c4cc(O)cc(O)c4-c4cc3ccc4O)[C@H](O)c3ccc(c(Cl)c3)Oc3cc2cc(c3O[C@@H]2O[C@H](CO)[C@@H](O)[C@H](O)[C@H]2O)Oc2ccc(cc2Cl)[C@H]1O. The number of aliphatic hydroxyl groups is 6. The van der Waals surface area contributed by atoms with E-state index < -0.39 is 198 Å². The molecule has 1 saturated heterocycles. The van der Waals surface area contributed by atoms with Crippen molar-refractivity contribution in [3.8, 4) is 62.9 Å². The predicted molar refractivity (Wildman–Crippen MR) is 400 cm³/mol. The van der Waals surface area contributed by atoms with Gasteiger partial charge in [-0.2, -0.15) is 0 Å². The van der Waals surface area contributed by atoms with Crippen LogP contribution in [0.15, 0.2) is 103 Å². The lowest BCUT2D eigenvalue weighted by Gasteiger charge is -2.54. The Morgan fingerprint density at radius 1 is 0.643 bits per heavy atom. The topological polar surface area (TPSA) is 454 Å². The molecule has 4 aliphatic carbocycles. The molecule has 0 unspecified atom stereocenters. The summed E-state index contributed by atoms with van der Waals surface area (Å²) in [7, 11) is 1.42. The third-order valence-electron chi connectivity index (χ3n) is 22.8. The van der Waals surface area contributed by atoms with Gasteiger partial charge in [-0.05, 0) is 187 Å². The van der Waals surface area contributed by atoms with E-state index >= 15 is 28.8 Å². The molecule has 29 nitrogen and oxygen atoms in total. The van der Waals surface area contributed by atoms with E-state index in [0.29, 0.717) is 24.0 Å². The van der Waals surface area contributed by atoms with Crippen LogP contribution in [-0.4, -0.2) is 155 Å². The molecule has 5 fully saturated rings. The number of urea groups is 1. The molecule has 7 amide bonds. The van der Waals surface area contributed by atoms with Crippen molar-refractivity contribution in [2.75, 3.05) is 19.0 Å². The molecule has 0 spiro atoms. The second kappa shape index (κ2) is 33.4. The van der Waals surface area contributed by atoms with Crippen molar-refractivity contribution < 1.29 is 113 Å². The number of methoxy groups -OCH3 is 1. The molecule has 6 aliphatic heterocycles. The fraction of sp³-hybridized carbons (Fsp3) is 0.444. The van der Waals surface area contributed by atoms with Crippen LogP contribution in [-0.2, 0) is 43.1 Å². The molecule has 112 heavy (non-hydrogen) atoms. The van der Waals surface area contributed by atoms with Gasteiger partial charge in [0.2, 0.25) is 41.6 Å². The van der Waals surface area contributed by atoms with Crippen molar-refractivity contribution in [3.63, 3.8) is 0 Å². The van der Waals surface area contributed by atoms with Crippen LogP contribution >= 0.6 is 23.2 Å². The first-order valence-corrected chi connectivity index (χ1v) is 38.1. The van der Waals surface area contributed by atoms with Crippen molar-refractivity contribution >= 4 is 81.8 Å². The number of hydrogen-bond donors (Lipinski definition) is 15. The zero-order valence-corrected chi connectivity index (χ0v) is 62.9. The molecule has 6 aromatic carbocycles. The molecule has 0 aromatic heterocycles. The number of nitrogens with one attached hydrogen (secondary N) is 6. The molecule has 15 bridgehead atoms. The molecule has 4 saturated carbocycles. The lowest BCUT2D eigenvalue weighted by molar-refractivity contribution is -0.277. The number of ether oxygens (including phenoxy) is 5. The predicted octanol–water partition coefficient (Wildman–Crippen LogP) is 8.10. The molecule has 0 radical (unpaired) electrons. The van der Waals surface area contributed by atoms with E-state index in [0.717, 1.165) is 68.5 Å². The summed E-state index contributed by atoms with van der Waals surface area (Å²) in [6.07, 6.45) is -11.9. The zero-order valence-electron chi connectivity index (χ0n) is 61.3. The van der Waals surface area contributed by atoms with Gasteiger partial charge >= 0.3 is 6.03 Å². The van der Waals surface area contributed by atoms with Crippen molar-refractivity contribution in [1.29, 1.82) is 0 Å². The molecule has 14 atom stereocenters. The first-order valence-electron chi connectivity index (χ1n) is 37.3. The first-order chi connectivity index (χ1) is 53.4. The smallest absolute Gasteiger partial charge is 0.325 e. The van der Waals surface area contributed by atoms with E-state index in [1.165, 1.54) is 73.8 Å². The quantitative estimate of drug-likeness (QED) is 0.0461. The van der Waals surface area contributed by atoms with Gasteiger partial charge in [-0.1, -0.05) is 62.2 Å². The van der Waals surface area contributed by atoms with E-state index in [1.54, 1.807) is 6.92 Å². The van der Waals surface area contributed by atoms with E-state index in [1.807, 2.05) is 13.8 Å². The number of phenolic OH excluding ortho intramolecular Hbond substituents is 3. The van der Waals surface area contributed by atoms with Gasteiger partial charge in [0.15, 0.2) is 28.8 Å². The molecule has 594 valence electrons. The average Bonchev–Trinajstić information content (AvgIpc) is 0.761.